The van der Waals surface area contributed by atoms with Crippen molar-refractivity contribution in [3.05, 3.63) is 29.3 Å². The molecule has 5 heteroatoms. The molecular weight excluding hydrogens is 212 g/mol. The van der Waals surface area contributed by atoms with Gasteiger partial charge in [0.05, 0.1) is 6.26 Å². The lowest BCUT2D eigenvalue weighted by molar-refractivity contribution is 0.560. The van der Waals surface area contributed by atoms with Crippen LogP contribution in [0.4, 0.5) is 5.69 Å². The zero-order valence-corrected chi connectivity index (χ0v) is 9.34. The normalized spacial score (nSPS) is 20.2. The number of benzene rings is 1. The third-order valence-electron chi connectivity index (χ3n) is 2.66. The minimum Gasteiger partial charge on any atom is -0.398 e. The molecule has 15 heavy (non-hydrogen) atoms. The van der Waals surface area contributed by atoms with Crippen LogP contribution in [0.25, 0.3) is 0 Å². The third kappa shape index (κ3) is 2.13. The fourth-order valence-corrected chi connectivity index (χ4v) is 2.83. The Kier molecular flexibility index (Phi) is 2.44. The van der Waals surface area contributed by atoms with Crippen molar-refractivity contribution in [3.8, 4) is 0 Å². The molecule has 1 atom stereocenters. The second kappa shape index (κ2) is 3.50. The maximum absolute atomic E-state index is 11.1. The average Bonchev–Trinajstić information content (AvgIpc) is 2.48. The fourth-order valence-electron chi connectivity index (χ4n) is 2.06. The van der Waals surface area contributed by atoms with Crippen LogP contribution in [0.15, 0.2) is 18.2 Å². The standard InChI is InChI=1S/C10H14N2O2S/c1-15(13,14)12-10-6-5-7-8(10)3-2-4-9(7)11/h2-4,10,12H,5-6,11H2,1H3. The van der Waals surface area contributed by atoms with E-state index in [-0.39, 0.29) is 6.04 Å². The number of hydrogen-bond acceptors (Lipinski definition) is 3. The van der Waals surface area contributed by atoms with Crippen LogP contribution in [-0.2, 0) is 16.4 Å². The molecule has 1 aromatic rings. The number of anilines is 1. The minimum atomic E-state index is -3.15. The van der Waals surface area contributed by atoms with E-state index in [0.29, 0.717) is 0 Å². The molecule has 0 bridgehead atoms. The summed E-state index contributed by atoms with van der Waals surface area (Å²) < 4.78 is 24.9. The van der Waals surface area contributed by atoms with Crippen LogP contribution in [0.1, 0.15) is 23.6 Å². The fraction of sp³-hybridized carbons (Fsp3) is 0.400. The van der Waals surface area contributed by atoms with Gasteiger partial charge in [-0.15, -0.1) is 0 Å². The molecule has 0 spiro atoms. The van der Waals surface area contributed by atoms with Crippen molar-refractivity contribution in [3.63, 3.8) is 0 Å². The zero-order valence-electron chi connectivity index (χ0n) is 8.53. The first-order valence-electron chi connectivity index (χ1n) is 4.82. The molecule has 0 amide bonds. The Morgan fingerprint density at radius 2 is 2.20 bits per heavy atom. The van der Waals surface area contributed by atoms with Crippen molar-refractivity contribution in [2.24, 2.45) is 0 Å². The average molecular weight is 226 g/mol. The molecule has 1 aliphatic carbocycles. The van der Waals surface area contributed by atoms with Gasteiger partial charge in [0, 0.05) is 11.7 Å². The van der Waals surface area contributed by atoms with E-state index in [1.54, 1.807) is 0 Å². The molecule has 0 radical (unpaired) electrons. The molecular formula is C10H14N2O2S. The van der Waals surface area contributed by atoms with Crippen LogP contribution in [0.3, 0.4) is 0 Å². The summed E-state index contributed by atoms with van der Waals surface area (Å²) in [6.07, 6.45) is 2.81. The molecule has 0 heterocycles. The van der Waals surface area contributed by atoms with E-state index in [1.807, 2.05) is 18.2 Å². The SMILES string of the molecule is CS(=O)(=O)NC1CCc2c(N)cccc21. The van der Waals surface area contributed by atoms with Crippen LogP contribution >= 0.6 is 0 Å². The molecule has 3 N–H and O–H groups in total. The van der Waals surface area contributed by atoms with E-state index < -0.39 is 10.0 Å². The first kappa shape index (κ1) is 10.4. The molecule has 1 aromatic carbocycles. The Morgan fingerprint density at radius 3 is 2.87 bits per heavy atom. The highest BCUT2D eigenvalue weighted by Crippen LogP contribution is 2.34. The van der Waals surface area contributed by atoms with Crippen LogP contribution in [0.5, 0.6) is 0 Å². The maximum atomic E-state index is 11.1. The van der Waals surface area contributed by atoms with Gasteiger partial charge in [0.1, 0.15) is 0 Å². The van der Waals surface area contributed by atoms with Gasteiger partial charge in [-0.05, 0) is 30.0 Å². The Labute approximate surface area is 89.5 Å². The minimum absolute atomic E-state index is 0.113. The Balaban J connectivity index is 2.33. The summed E-state index contributed by atoms with van der Waals surface area (Å²) in [6, 6.07) is 5.53. The molecule has 0 fully saturated rings. The van der Waals surface area contributed by atoms with Crippen LogP contribution in [-0.4, -0.2) is 14.7 Å². The topological polar surface area (TPSA) is 72.2 Å². The lowest BCUT2D eigenvalue weighted by Crippen LogP contribution is -2.25. The Hall–Kier alpha value is -1.07. The predicted molar refractivity (Wildman–Crippen MR) is 59.9 cm³/mol. The molecule has 2 rings (SSSR count). The first-order valence-corrected chi connectivity index (χ1v) is 6.71. The van der Waals surface area contributed by atoms with Crippen molar-refractivity contribution >= 4 is 15.7 Å². The summed E-state index contributed by atoms with van der Waals surface area (Å²) >= 11 is 0. The highest BCUT2D eigenvalue weighted by atomic mass is 32.2. The Bertz CT molecular complexity index is 482. The molecule has 82 valence electrons. The lowest BCUT2D eigenvalue weighted by atomic mass is 10.1. The molecule has 1 unspecified atom stereocenters. The van der Waals surface area contributed by atoms with Gasteiger partial charge < -0.3 is 5.73 Å². The van der Waals surface area contributed by atoms with Crippen molar-refractivity contribution in [2.75, 3.05) is 12.0 Å². The van der Waals surface area contributed by atoms with E-state index in [4.69, 9.17) is 5.73 Å². The molecule has 0 saturated carbocycles. The van der Waals surface area contributed by atoms with Gasteiger partial charge in [-0.3, -0.25) is 0 Å². The summed E-state index contributed by atoms with van der Waals surface area (Å²) in [7, 11) is -3.15. The number of fused-ring (bicyclic) bond motifs is 1. The number of nitrogens with one attached hydrogen (secondary N) is 1. The van der Waals surface area contributed by atoms with Gasteiger partial charge >= 0.3 is 0 Å². The number of rotatable bonds is 2. The van der Waals surface area contributed by atoms with Crippen LogP contribution in [0, 0.1) is 0 Å². The number of hydrogen-bond donors (Lipinski definition) is 2. The van der Waals surface area contributed by atoms with E-state index in [2.05, 4.69) is 4.72 Å². The summed E-state index contributed by atoms with van der Waals surface area (Å²) in [5.74, 6) is 0. The van der Waals surface area contributed by atoms with E-state index in [0.717, 1.165) is 29.7 Å². The van der Waals surface area contributed by atoms with Crippen LogP contribution < -0.4 is 10.5 Å². The summed E-state index contributed by atoms with van der Waals surface area (Å²) in [6.45, 7) is 0. The summed E-state index contributed by atoms with van der Waals surface area (Å²) in [4.78, 5) is 0. The van der Waals surface area contributed by atoms with Crippen molar-refractivity contribution < 1.29 is 8.42 Å². The Morgan fingerprint density at radius 1 is 1.47 bits per heavy atom. The molecule has 0 saturated heterocycles. The highest BCUT2D eigenvalue weighted by molar-refractivity contribution is 7.88. The van der Waals surface area contributed by atoms with Gasteiger partial charge in [-0.25, -0.2) is 13.1 Å². The van der Waals surface area contributed by atoms with E-state index >= 15 is 0 Å². The predicted octanol–water partition coefficient (Wildman–Crippen LogP) is 0.805. The van der Waals surface area contributed by atoms with E-state index in [9.17, 15) is 8.42 Å². The molecule has 0 aliphatic heterocycles. The molecule has 4 nitrogen and oxygen atoms in total. The van der Waals surface area contributed by atoms with E-state index in [1.165, 1.54) is 6.26 Å². The lowest BCUT2D eigenvalue weighted by Gasteiger charge is -2.12. The second-order valence-electron chi connectivity index (χ2n) is 3.90. The van der Waals surface area contributed by atoms with Crippen molar-refractivity contribution in [1.29, 1.82) is 0 Å². The van der Waals surface area contributed by atoms with Gasteiger partial charge in [-0.2, -0.15) is 0 Å². The van der Waals surface area contributed by atoms with Gasteiger partial charge in [0.15, 0.2) is 0 Å². The highest BCUT2D eigenvalue weighted by Gasteiger charge is 2.25. The van der Waals surface area contributed by atoms with Gasteiger partial charge in [0.2, 0.25) is 10.0 Å². The number of sulfonamides is 1. The van der Waals surface area contributed by atoms with Crippen molar-refractivity contribution in [1.82, 2.24) is 4.72 Å². The quantitative estimate of drug-likeness (QED) is 0.733. The monoisotopic (exact) mass is 226 g/mol. The van der Waals surface area contributed by atoms with Gasteiger partial charge in [-0.1, -0.05) is 12.1 Å². The second-order valence-corrected chi connectivity index (χ2v) is 5.68. The third-order valence-corrected chi connectivity index (χ3v) is 3.38. The first-order chi connectivity index (χ1) is 6.97. The number of nitrogen functional groups attached to an aromatic ring is 1. The smallest absolute Gasteiger partial charge is 0.209 e. The zero-order chi connectivity index (χ0) is 11.1. The largest absolute Gasteiger partial charge is 0.398 e. The summed E-state index contributed by atoms with van der Waals surface area (Å²) in [5.41, 5.74) is 8.67. The van der Waals surface area contributed by atoms with Crippen LogP contribution in [0.2, 0.25) is 0 Å². The summed E-state index contributed by atoms with van der Waals surface area (Å²) in [5, 5.41) is 0. The number of nitrogens with two attached hydrogens (primary N) is 1. The maximum Gasteiger partial charge on any atom is 0.209 e. The van der Waals surface area contributed by atoms with Gasteiger partial charge in [0.25, 0.3) is 0 Å². The molecule has 0 aromatic heterocycles. The molecule has 1 aliphatic rings. The van der Waals surface area contributed by atoms with Crippen molar-refractivity contribution in [2.45, 2.75) is 18.9 Å².